The average Bonchev–Trinajstić information content (AvgIpc) is 2.89. The Hall–Kier alpha value is 0.960. The SMILES string of the molecule is S=P1(C2C=CC=C2)SP(=S)(C2C=CC=C2)S1. The fourth-order valence-corrected chi connectivity index (χ4v) is 47.4. The summed E-state index contributed by atoms with van der Waals surface area (Å²) in [5, 5.41) is 0. The van der Waals surface area contributed by atoms with Gasteiger partial charge in [-0.15, -0.1) is 0 Å². The molecule has 0 radical (unpaired) electrons. The topological polar surface area (TPSA) is 0 Å². The predicted octanol–water partition coefficient (Wildman–Crippen LogP) is 5.07. The third-order valence-electron chi connectivity index (χ3n) is 2.64. The van der Waals surface area contributed by atoms with E-state index in [1.807, 2.05) is 22.0 Å². The lowest BCUT2D eigenvalue weighted by molar-refractivity contribution is 1.46. The highest BCUT2D eigenvalue weighted by Crippen LogP contribution is 3.08. The molecule has 0 aromatic rings. The standard InChI is InChI=1S/C10H10P2S4/c13-11(9-5-1-2-6-9)15-12(14,16-11)10-7-3-4-8-10/h1-10H. The van der Waals surface area contributed by atoms with Gasteiger partial charge in [0.1, 0.15) is 0 Å². The maximum Gasteiger partial charge on any atom is 0.0785 e. The van der Waals surface area contributed by atoms with E-state index in [2.05, 4.69) is 48.6 Å². The largest absolute Gasteiger partial charge is 0.0785 e. The van der Waals surface area contributed by atoms with E-state index in [4.69, 9.17) is 23.6 Å². The summed E-state index contributed by atoms with van der Waals surface area (Å²) in [5.74, 6) is 0. The molecule has 0 amide bonds. The van der Waals surface area contributed by atoms with Crippen LogP contribution in [0.4, 0.5) is 0 Å². The summed E-state index contributed by atoms with van der Waals surface area (Å²) in [5.41, 5.74) is 0.978. The Kier molecular flexibility index (Phi) is 3.20. The molecule has 3 rings (SSSR count). The quantitative estimate of drug-likeness (QED) is 0.651. The Morgan fingerprint density at radius 1 is 0.688 bits per heavy atom. The van der Waals surface area contributed by atoms with Crippen LogP contribution in [-0.4, -0.2) is 11.3 Å². The van der Waals surface area contributed by atoms with Crippen LogP contribution < -0.4 is 0 Å². The number of hydrogen-bond donors (Lipinski definition) is 0. The molecule has 0 unspecified atom stereocenters. The average molecular weight is 320 g/mol. The van der Waals surface area contributed by atoms with E-state index in [0.717, 1.165) is 0 Å². The maximum atomic E-state index is 5.82. The minimum Gasteiger partial charge on any atom is -0.0727 e. The molecule has 0 spiro atoms. The lowest BCUT2D eigenvalue weighted by Gasteiger charge is -2.44. The van der Waals surface area contributed by atoms with Crippen molar-refractivity contribution in [2.45, 2.75) is 11.3 Å². The molecular formula is C10H10P2S4. The Morgan fingerprint density at radius 2 is 1.00 bits per heavy atom. The molecule has 0 nitrogen and oxygen atoms in total. The van der Waals surface area contributed by atoms with Crippen LogP contribution in [0, 0.1) is 0 Å². The number of hydrogen-bond acceptors (Lipinski definition) is 4. The zero-order valence-corrected chi connectivity index (χ0v) is 13.4. The number of allylic oxidation sites excluding steroid dienone is 8. The van der Waals surface area contributed by atoms with Crippen molar-refractivity contribution in [2.24, 2.45) is 0 Å². The smallest absolute Gasteiger partial charge is 0.0727 e. The van der Waals surface area contributed by atoms with E-state index in [-0.39, 0.29) is 0 Å². The first-order valence-electron chi connectivity index (χ1n) is 4.95. The summed E-state index contributed by atoms with van der Waals surface area (Å²) in [6.07, 6.45) is 17.4. The molecule has 84 valence electrons. The van der Waals surface area contributed by atoms with Gasteiger partial charge in [-0.1, -0.05) is 94.2 Å². The van der Waals surface area contributed by atoms with Crippen molar-refractivity contribution in [3.05, 3.63) is 48.6 Å². The fourth-order valence-electron chi connectivity index (χ4n) is 1.80. The monoisotopic (exact) mass is 320 g/mol. The van der Waals surface area contributed by atoms with Crippen molar-refractivity contribution < 1.29 is 0 Å². The van der Waals surface area contributed by atoms with Crippen LogP contribution in [0.1, 0.15) is 0 Å². The molecule has 0 bridgehead atoms. The van der Waals surface area contributed by atoms with E-state index in [0.29, 0.717) is 11.3 Å². The van der Waals surface area contributed by atoms with Crippen LogP contribution in [0.2, 0.25) is 0 Å². The summed E-state index contributed by atoms with van der Waals surface area (Å²) >= 11 is 15.6. The van der Waals surface area contributed by atoms with E-state index >= 15 is 0 Å². The minimum atomic E-state index is -1.34. The second-order valence-electron chi connectivity index (χ2n) is 3.76. The molecule has 0 atom stereocenters. The van der Waals surface area contributed by atoms with E-state index in [9.17, 15) is 0 Å². The van der Waals surface area contributed by atoms with Crippen LogP contribution in [0.15, 0.2) is 48.6 Å². The van der Waals surface area contributed by atoms with E-state index in [1.165, 1.54) is 0 Å². The number of rotatable bonds is 2. The summed E-state index contributed by atoms with van der Waals surface area (Å²) in [6.45, 7) is 0. The molecule has 0 aromatic heterocycles. The molecular weight excluding hydrogens is 310 g/mol. The normalized spacial score (nSPS) is 42.0. The van der Waals surface area contributed by atoms with Crippen LogP contribution in [-0.2, 0) is 23.6 Å². The second-order valence-corrected chi connectivity index (χ2v) is 25.9. The Bertz CT molecular complexity index is 445. The first kappa shape index (κ1) is 12.0. The van der Waals surface area contributed by atoms with Gasteiger partial charge in [0.25, 0.3) is 0 Å². The van der Waals surface area contributed by atoms with Crippen LogP contribution in [0.25, 0.3) is 0 Å². The zero-order chi connectivity index (χ0) is 11.2. The molecule has 1 heterocycles. The van der Waals surface area contributed by atoms with Crippen molar-refractivity contribution in [3.8, 4) is 0 Å². The molecule has 0 aromatic carbocycles. The maximum absolute atomic E-state index is 5.82. The molecule has 1 aliphatic heterocycles. The molecule has 16 heavy (non-hydrogen) atoms. The van der Waals surface area contributed by atoms with Gasteiger partial charge in [-0.25, -0.2) is 0 Å². The summed E-state index contributed by atoms with van der Waals surface area (Å²) in [6, 6.07) is 0. The van der Waals surface area contributed by atoms with Crippen molar-refractivity contribution in [1.29, 1.82) is 0 Å². The van der Waals surface area contributed by atoms with Gasteiger partial charge in [-0.3, -0.25) is 0 Å². The molecule has 1 saturated heterocycles. The van der Waals surface area contributed by atoms with Gasteiger partial charge >= 0.3 is 0 Å². The summed E-state index contributed by atoms with van der Waals surface area (Å²) in [7, 11) is 0. The molecule has 0 saturated carbocycles. The highest BCUT2D eigenvalue weighted by molar-refractivity contribution is 9.46. The second kappa shape index (κ2) is 4.26. The lowest BCUT2D eigenvalue weighted by Crippen LogP contribution is -2.04. The lowest BCUT2D eigenvalue weighted by atomic mass is 10.5. The molecule has 2 aliphatic carbocycles. The Labute approximate surface area is 114 Å². The fraction of sp³-hybridized carbons (Fsp3) is 0.200. The van der Waals surface area contributed by atoms with Crippen LogP contribution in [0.5, 0.6) is 0 Å². The van der Waals surface area contributed by atoms with Crippen molar-refractivity contribution >= 4 is 54.5 Å². The third kappa shape index (κ3) is 1.92. The summed E-state index contributed by atoms with van der Waals surface area (Å²) in [4.78, 5) is 0. The van der Waals surface area contributed by atoms with Gasteiger partial charge in [0, 0.05) is 11.3 Å². The Balaban J connectivity index is 1.78. The van der Waals surface area contributed by atoms with Gasteiger partial charge in [-0.2, -0.15) is 0 Å². The summed E-state index contributed by atoms with van der Waals surface area (Å²) < 4.78 is -2.69. The third-order valence-corrected chi connectivity index (χ3v) is 35.4. The molecule has 3 aliphatic rings. The van der Waals surface area contributed by atoms with Crippen LogP contribution >= 0.6 is 30.9 Å². The predicted molar refractivity (Wildman–Crippen MR) is 87.9 cm³/mol. The molecule has 0 N–H and O–H groups in total. The van der Waals surface area contributed by atoms with E-state index < -0.39 is 8.88 Å². The Morgan fingerprint density at radius 3 is 1.31 bits per heavy atom. The van der Waals surface area contributed by atoms with Gasteiger partial charge in [0.2, 0.25) is 0 Å². The van der Waals surface area contributed by atoms with Crippen molar-refractivity contribution in [3.63, 3.8) is 0 Å². The van der Waals surface area contributed by atoms with Crippen molar-refractivity contribution in [2.75, 3.05) is 0 Å². The van der Waals surface area contributed by atoms with Crippen LogP contribution in [0.3, 0.4) is 0 Å². The zero-order valence-electron chi connectivity index (χ0n) is 8.30. The first-order valence-corrected chi connectivity index (χ1v) is 14.7. The van der Waals surface area contributed by atoms with Gasteiger partial charge in [0.15, 0.2) is 0 Å². The van der Waals surface area contributed by atoms with Gasteiger partial charge in [0.05, 0.1) is 8.88 Å². The first-order chi connectivity index (χ1) is 7.62. The highest BCUT2D eigenvalue weighted by atomic mass is 33.7. The van der Waals surface area contributed by atoms with E-state index in [1.54, 1.807) is 0 Å². The van der Waals surface area contributed by atoms with Gasteiger partial charge in [-0.05, 0) is 0 Å². The molecule has 1 fully saturated rings. The van der Waals surface area contributed by atoms with Gasteiger partial charge < -0.3 is 0 Å². The minimum absolute atomic E-state index is 0.489. The highest BCUT2D eigenvalue weighted by Gasteiger charge is 2.49. The van der Waals surface area contributed by atoms with Crippen molar-refractivity contribution in [1.82, 2.24) is 0 Å². The molecule has 6 heteroatoms.